The van der Waals surface area contributed by atoms with Gasteiger partial charge in [-0.2, -0.15) is 0 Å². The maximum absolute atomic E-state index is 12.0. The van der Waals surface area contributed by atoms with Gasteiger partial charge in [0, 0.05) is 17.1 Å². The first-order valence-electron chi connectivity index (χ1n) is 7.31. The van der Waals surface area contributed by atoms with Crippen molar-refractivity contribution in [2.45, 2.75) is 19.8 Å². The third-order valence-electron chi connectivity index (χ3n) is 3.12. The molecule has 1 heterocycles. The summed E-state index contributed by atoms with van der Waals surface area (Å²) in [5.74, 6) is -0.435. The molecule has 0 aliphatic carbocycles. The van der Waals surface area contributed by atoms with Crippen LogP contribution in [-0.2, 0) is 11.2 Å². The van der Waals surface area contributed by atoms with Crippen molar-refractivity contribution in [2.24, 2.45) is 5.73 Å². The summed E-state index contributed by atoms with van der Waals surface area (Å²) in [6.45, 7) is 2.25. The summed E-state index contributed by atoms with van der Waals surface area (Å²) >= 11 is 0. The molecule has 2 amide bonds. The highest BCUT2D eigenvalue weighted by molar-refractivity contribution is 5.93. The second-order valence-corrected chi connectivity index (χ2v) is 5.08. The maximum Gasteiger partial charge on any atom is 0.338 e. The Kier molecular flexibility index (Phi) is 5.68. The molecule has 0 atom stereocenters. The van der Waals surface area contributed by atoms with Crippen molar-refractivity contribution < 1.29 is 14.3 Å². The number of aromatic nitrogens is 1. The van der Waals surface area contributed by atoms with E-state index in [9.17, 15) is 9.59 Å². The predicted molar refractivity (Wildman–Crippen MR) is 87.2 cm³/mol. The third kappa shape index (κ3) is 5.43. The number of aryl methyl sites for hydroxylation is 2. The average molecular weight is 313 g/mol. The van der Waals surface area contributed by atoms with Gasteiger partial charge in [0.25, 0.3) is 0 Å². The molecule has 6 nitrogen and oxygen atoms in total. The van der Waals surface area contributed by atoms with E-state index in [-0.39, 0.29) is 0 Å². The van der Waals surface area contributed by atoms with Gasteiger partial charge < -0.3 is 15.8 Å². The summed E-state index contributed by atoms with van der Waals surface area (Å²) in [5, 5.41) is 2.42. The lowest BCUT2D eigenvalue weighted by atomic mass is 10.2. The number of carbonyl (C=O) groups excluding carboxylic acids is 2. The number of amides is 2. The quantitative estimate of drug-likeness (QED) is 0.633. The zero-order valence-electron chi connectivity index (χ0n) is 12.9. The van der Waals surface area contributed by atoms with Gasteiger partial charge in [-0.25, -0.2) is 9.59 Å². The molecule has 3 N–H and O–H groups in total. The highest BCUT2D eigenvalue weighted by Gasteiger charge is 2.08. The van der Waals surface area contributed by atoms with Gasteiger partial charge in [0.1, 0.15) is 0 Å². The van der Waals surface area contributed by atoms with Crippen molar-refractivity contribution in [3.05, 3.63) is 59.4 Å². The molecular formula is C17H19N3O3. The number of hydrogen-bond donors (Lipinski definition) is 2. The molecule has 0 aliphatic rings. The Morgan fingerprint density at radius 2 is 2.00 bits per heavy atom. The molecule has 2 rings (SSSR count). The summed E-state index contributed by atoms with van der Waals surface area (Å²) in [4.78, 5) is 27.2. The van der Waals surface area contributed by atoms with E-state index in [0.717, 1.165) is 17.8 Å². The number of anilines is 1. The number of nitrogens with zero attached hydrogens (tertiary/aromatic N) is 1. The second-order valence-electron chi connectivity index (χ2n) is 5.08. The monoisotopic (exact) mass is 313 g/mol. The fourth-order valence-corrected chi connectivity index (χ4v) is 2.11. The number of nitrogens with two attached hydrogens (primary N) is 1. The first kappa shape index (κ1) is 16.5. The molecule has 0 saturated heterocycles. The minimum absolute atomic E-state index is 0.307. The van der Waals surface area contributed by atoms with Crippen LogP contribution in [0.1, 0.15) is 28.2 Å². The van der Waals surface area contributed by atoms with Crippen LogP contribution in [0.3, 0.4) is 0 Å². The third-order valence-corrected chi connectivity index (χ3v) is 3.12. The van der Waals surface area contributed by atoms with Crippen LogP contribution >= 0.6 is 0 Å². The Balaban J connectivity index is 1.81. The second kappa shape index (κ2) is 7.93. The lowest BCUT2D eigenvalue weighted by Gasteiger charge is -2.07. The highest BCUT2D eigenvalue weighted by Crippen LogP contribution is 2.12. The summed E-state index contributed by atoms with van der Waals surface area (Å²) in [6.07, 6.45) is 1.44. The van der Waals surface area contributed by atoms with E-state index in [1.165, 1.54) is 6.07 Å². The Bertz CT molecular complexity index is 701. The number of carbonyl (C=O) groups is 2. The van der Waals surface area contributed by atoms with E-state index >= 15 is 0 Å². The van der Waals surface area contributed by atoms with Crippen LogP contribution in [0.4, 0.5) is 10.5 Å². The first-order chi connectivity index (χ1) is 11.0. The Hall–Kier alpha value is -2.89. The first-order valence-corrected chi connectivity index (χ1v) is 7.31. The molecule has 0 aliphatic heterocycles. The van der Waals surface area contributed by atoms with Crippen LogP contribution < -0.4 is 11.1 Å². The lowest BCUT2D eigenvalue weighted by molar-refractivity contribution is 0.0500. The van der Waals surface area contributed by atoms with Gasteiger partial charge in [0.2, 0.25) is 0 Å². The van der Waals surface area contributed by atoms with E-state index in [4.69, 9.17) is 10.5 Å². The topological polar surface area (TPSA) is 94.3 Å². The van der Waals surface area contributed by atoms with Gasteiger partial charge in [-0.05, 0) is 50.1 Å². The zero-order valence-corrected chi connectivity index (χ0v) is 12.9. The van der Waals surface area contributed by atoms with E-state index in [2.05, 4.69) is 10.3 Å². The van der Waals surface area contributed by atoms with Crippen molar-refractivity contribution in [3.8, 4) is 0 Å². The molecule has 120 valence electrons. The molecule has 0 fully saturated rings. The average Bonchev–Trinajstić information content (AvgIpc) is 2.51. The van der Waals surface area contributed by atoms with Crippen molar-refractivity contribution in [3.63, 3.8) is 0 Å². The molecule has 1 aromatic carbocycles. The molecule has 0 spiro atoms. The van der Waals surface area contributed by atoms with Crippen molar-refractivity contribution in [1.29, 1.82) is 0 Å². The number of pyridine rings is 1. The molecule has 0 saturated carbocycles. The van der Waals surface area contributed by atoms with Crippen LogP contribution in [0.25, 0.3) is 0 Å². The minimum Gasteiger partial charge on any atom is -0.462 e. The number of nitrogens with one attached hydrogen (secondary N) is 1. The molecular weight excluding hydrogens is 294 g/mol. The summed E-state index contributed by atoms with van der Waals surface area (Å²) in [5.41, 5.74) is 7.81. The number of esters is 1. The Morgan fingerprint density at radius 1 is 1.22 bits per heavy atom. The number of hydrogen-bond acceptors (Lipinski definition) is 4. The van der Waals surface area contributed by atoms with Crippen LogP contribution in [0, 0.1) is 6.92 Å². The standard InChI is InChI=1S/C17H19N3O3/c1-12-5-2-7-14(19-12)9-4-10-23-16(21)13-6-3-8-15(11-13)20-17(18)22/h2-3,5-8,11H,4,9-10H2,1H3,(H3,18,20,22). The van der Waals surface area contributed by atoms with Gasteiger partial charge in [-0.1, -0.05) is 12.1 Å². The molecule has 2 aromatic rings. The summed E-state index contributed by atoms with van der Waals surface area (Å²) in [7, 11) is 0. The van der Waals surface area contributed by atoms with Crippen molar-refractivity contribution in [1.82, 2.24) is 4.98 Å². The number of primary amides is 1. The Labute approximate surface area is 134 Å². The van der Waals surface area contributed by atoms with Crippen LogP contribution in [0.2, 0.25) is 0 Å². The van der Waals surface area contributed by atoms with E-state index < -0.39 is 12.0 Å². The lowest BCUT2D eigenvalue weighted by Crippen LogP contribution is -2.19. The summed E-state index contributed by atoms with van der Waals surface area (Å²) in [6, 6.07) is 11.6. The number of rotatable bonds is 6. The van der Waals surface area contributed by atoms with E-state index in [1.807, 2.05) is 25.1 Å². The molecule has 23 heavy (non-hydrogen) atoms. The fourth-order valence-electron chi connectivity index (χ4n) is 2.11. The molecule has 0 bridgehead atoms. The number of benzene rings is 1. The molecule has 6 heteroatoms. The number of urea groups is 1. The number of ether oxygens (including phenoxy) is 1. The molecule has 1 aromatic heterocycles. The van der Waals surface area contributed by atoms with Crippen molar-refractivity contribution in [2.75, 3.05) is 11.9 Å². The van der Waals surface area contributed by atoms with E-state index in [0.29, 0.717) is 24.3 Å². The molecule has 0 unspecified atom stereocenters. The van der Waals surface area contributed by atoms with Crippen LogP contribution in [0.5, 0.6) is 0 Å². The van der Waals surface area contributed by atoms with Crippen LogP contribution in [0.15, 0.2) is 42.5 Å². The summed E-state index contributed by atoms with van der Waals surface area (Å²) < 4.78 is 5.23. The minimum atomic E-state index is -0.679. The van der Waals surface area contributed by atoms with Gasteiger partial charge in [-0.15, -0.1) is 0 Å². The van der Waals surface area contributed by atoms with Crippen molar-refractivity contribution >= 4 is 17.7 Å². The van der Waals surface area contributed by atoms with E-state index in [1.54, 1.807) is 18.2 Å². The predicted octanol–water partition coefficient (Wildman–Crippen LogP) is 2.67. The smallest absolute Gasteiger partial charge is 0.338 e. The fraction of sp³-hybridized carbons (Fsp3) is 0.235. The highest BCUT2D eigenvalue weighted by atomic mass is 16.5. The van der Waals surface area contributed by atoms with Gasteiger partial charge in [0.15, 0.2) is 0 Å². The maximum atomic E-state index is 12.0. The largest absolute Gasteiger partial charge is 0.462 e. The van der Waals surface area contributed by atoms with Gasteiger partial charge in [0.05, 0.1) is 12.2 Å². The SMILES string of the molecule is Cc1cccc(CCCOC(=O)c2cccc(NC(N)=O)c2)n1. The zero-order chi connectivity index (χ0) is 16.7. The van der Waals surface area contributed by atoms with Gasteiger partial charge in [-0.3, -0.25) is 4.98 Å². The Morgan fingerprint density at radius 3 is 2.74 bits per heavy atom. The van der Waals surface area contributed by atoms with Crippen LogP contribution in [-0.4, -0.2) is 23.6 Å². The van der Waals surface area contributed by atoms with Gasteiger partial charge >= 0.3 is 12.0 Å². The normalized spacial score (nSPS) is 10.1. The molecule has 0 radical (unpaired) electrons.